The lowest BCUT2D eigenvalue weighted by Gasteiger charge is -2.21. The summed E-state index contributed by atoms with van der Waals surface area (Å²) < 4.78 is 0. The van der Waals surface area contributed by atoms with E-state index in [0.29, 0.717) is 0 Å². The van der Waals surface area contributed by atoms with Crippen molar-refractivity contribution in [2.75, 3.05) is 6.54 Å². The van der Waals surface area contributed by atoms with Gasteiger partial charge in [-0.2, -0.15) is 5.10 Å². The van der Waals surface area contributed by atoms with Crippen molar-refractivity contribution in [2.45, 2.75) is 12.8 Å². The van der Waals surface area contributed by atoms with Crippen molar-refractivity contribution in [3.8, 4) is 0 Å². The Morgan fingerprint density at radius 3 is 2.80 bits per heavy atom. The zero-order chi connectivity index (χ0) is 11.4. The molecule has 0 aromatic carbocycles. The van der Waals surface area contributed by atoms with Crippen molar-refractivity contribution in [2.24, 2.45) is 5.10 Å². The second-order valence-electron chi connectivity index (χ2n) is 2.86. The molecule has 0 unspecified atom stereocenters. The molecule has 5 nitrogen and oxygen atoms in total. The maximum Gasteiger partial charge on any atom is 0.352 e. The standard InChI is InChI=1S/C8H8Cl2N2O3/c9-3-5(10)4-12-7(13)2-1-6(11-12)8(14)15/h3H,1-2,4H2,(H,14,15). The lowest BCUT2D eigenvalue weighted by atomic mass is 10.2. The van der Waals surface area contributed by atoms with E-state index < -0.39 is 5.97 Å². The van der Waals surface area contributed by atoms with Crippen LogP contribution in [0.1, 0.15) is 12.8 Å². The maximum atomic E-state index is 11.3. The lowest BCUT2D eigenvalue weighted by molar-refractivity contribution is -0.132. The molecule has 7 heteroatoms. The van der Waals surface area contributed by atoms with Crippen molar-refractivity contribution >= 4 is 40.8 Å². The Balaban J connectivity index is 2.81. The van der Waals surface area contributed by atoms with Crippen LogP contribution in [-0.4, -0.2) is 34.2 Å². The van der Waals surface area contributed by atoms with E-state index >= 15 is 0 Å². The van der Waals surface area contributed by atoms with Gasteiger partial charge in [-0.05, 0) is 0 Å². The summed E-state index contributed by atoms with van der Waals surface area (Å²) in [5, 5.41) is 13.6. The normalized spacial score (nSPS) is 17.7. The third-order valence-electron chi connectivity index (χ3n) is 1.77. The third-order valence-corrected chi connectivity index (χ3v) is 2.37. The summed E-state index contributed by atoms with van der Waals surface area (Å²) in [6, 6.07) is 0. The average molecular weight is 251 g/mol. The Kier molecular flexibility index (Phi) is 4.11. The summed E-state index contributed by atoms with van der Waals surface area (Å²) in [4.78, 5) is 21.9. The van der Waals surface area contributed by atoms with Gasteiger partial charge in [-0.25, -0.2) is 9.80 Å². The zero-order valence-corrected chi connectivity index (χ0v) is 9.12. The number of carbonyl (C=O) groups is 2. The number of nitrogens with zero attached hydrogens (tertiary/aromatic N) is 2. The SMILES string of the molecule is O=C(O)C1=NN(CC(Cl)=CCl)C(=O)CC1. The van der Waals surface area contributed by atoms with Crippen LogP contribution < -0.4 is 0 Å². The van der Waals surface area contributed by atoms with Crippen LogP contribution in [0.2, 0.25) is 0 Å². The van der Waals surface area contributed by atoms with Crippen LogP contribution >= 0.6 is 23.2 Å². The van der Waals surface area contributed by atoms with Gasteiger partial charge in [0.25, 0.3) is 0 Å². The van der Waals surface area contributed by atoms with Gasteiger partial charge in [0, 0.05) is 18.4 Å². The van der Waals surface area contributed by atoms with Crippen LogP contribution in [0.15, 0.2) is 15.7 Å². The first-order valence-electron chi connectivity index (χ1n) is 4.10. The molecule has 0 aromatic heterocycles. The lowest BCUT2D eigenvalue weighted by Crippen LogP contribution is -2.34. The number of carbonyl (C=O) groups excluding carboxylic acids is 1. The molecule has 0 bridgehead atoms. The molecule has 0 saturated heterocycles. The molecular weight excluding hydrogens is 243 g/mol. The van der Waals surface area contributed by atoms with E-state index in [1.54, 1.807) is 0 Å². The molecule has 0 atom stereocenters. The minimum absolute atomic E-state index is 0.000664. The number of hydrogen-bond acceptors (Lipinski definition) is 3. The van der Waals surface area contributed by atoms with Crippen molar-refractivity contribution in [3.63, 3.8) is 0 Å². The van der Waals surface area contributed by atoms with E-state index in [-0.39, 0.29) is 36.0 Å². The third kappa shape index (κ3) is 3.21. The Labute approximate surface area is 95.9 Å². The molecule has 1 heterocycles. The van der Waals surface area contributed by atoms with Gasteiger partial charge in [-0.1, -0.05) is 23.2 Å². The second-order valence-corrected chi connectivity index (χ2v) is 3.56. The van der Waals surface area contributed by atoms with Gasteiger partial charge >= 0.3 is 5.97 Å². The van der Waals surface area contributed by atoms with Gasteiger partial charge in [0.15, 0.2) is 0 Å². The van der Waals surface area contributed by atoms with Crippen LogP contribution in [0.5, 0.6) is 0 Å². The van der Waals surface area contributed by atoms with Crippen molar-refractivity contribution < 1.29 is 14.7 Å². The molecule has 1 amide bonds. The molecule has 0 fully saturated rings. The first kappa shape index (κ1) is 12.0. The number of aliphatic carboxylic acids is 1. The predicted molar refractivity (Wildman–Crippen MR) is 55.8 cm³/mol. The highest BCUT2D eigenvalue weighted by molar-refractivity contribution is 6.37. The number of hydrazone groups is 1. The van der Waals surface area contributed by atoms with Gasteiger partial charge in [0.2, 0.25) is 5.91 Å². The van der Waals surface area contributed by atoms with Crippen LogP contribution in [0.4, 0.5) is 0 Å². The highest BCUT2D eigenvalue weighted by atomic mass is 35.5. The van der Waals surface area contributed by atoms with Crippen molar-refractivity contribution in [1.29, 1.82) is 0 Å². The minimum Gasteiger partial charge on any atom is -0.477 e. The smallest absolute Gasteiger partial charge is 0.352 e. The fourth-order valence-electron chi connectivity index (χ4n) is 1.06. The van der Waals surface area contributed by atoms with Gasteiger partial charge < -0.3 is 5.11 Å². The number of carboxylic acids is 1. The Hall–Kier alpha value is -1.07. The topological polar surface area (TPSA) is 70.0 Å². The highest BCUT2D eigenvalue weighted by Crippen LogP contribution is 2.13. The highest BCUT2D eigenvalue weighted by Gasteiger charge is 2.24. The Bertz CT molecular complexity index is 352. The monoisotopic (exact) mass is 250 g/mol. The number of rotatable bonds is 3. The molecule has 1 N–H and O–H groups in total. The molecule has 1 rings (SSSR count). The molecule has 0 aliphatic carbocycles. The molecule has 0 spiro atoms. The van der Waals surface area contributed by atoms with E-state index in [1.165, 1.54) is 0 Å². The number of halogens is 2. The first-order valence-corrected chi connectivity index (χ1v) is 4.92. The van der Waals surface area contributed by atoms with E-state index in [4.69, 9.17) is 28.3 Å². The molecule has 0 saturated carbocycles. The summed E-state index contributed by atoms with van der Waals surface area (Å²) >= 11 is 10.9. The largest absolute Gasteiger partial charge is 0.477 e. The molecule has 82 valence electrons. The van der Waals surface area contributed by atoms with Gasteiger partial charge in [-0.15, -0.1) is 0 Å². The zero-order valence-electron chi connectivity index (χ0n) is 7.61. The molecule has 0 aromatic rings. The summed E-state index contributed by atoms with van der Waals surface area (Å²) in [6.07, 6.45) is 0.268. The van der Waals surface area contributed by atoms with E-state index in [0.717, 1.165) is 10.5 Å². The second kappa shape index (κ2) is 5.14. The van der Waals surface area contributed by atoms with Crippen molar-refractivity contribution in [3.05, 3.63) is 10.6 Å². The summed E-state index contributed by atoms with van der Waals surface area (Å²) in [7, 11) is 0. The Morgan fingerprint density at radius 2 is 2.27 bits per heavy atom. The summed E-state index contributed by atoms with van der Waals surface area (Å²) in [5.41, 5.74) is 1.06. The fraction of sp³-hybridized carbons (Fsp3) is 0.375. The minimum atomic E-state index is -1.13. The number of hydrogen-bond donors (Lipinski definition) is 1. The Morgan fingerprint density at radius 1 is 1.60 bits per heavy atom. The van der Waals surface area contributed by atoms with Crippen LogP contribution in [0.3, 0.4) is 0 Å². The van der Waals surface area contributed by atoms with Crippen LogP contribution in [0, 0.1) is 0 Å². The van der Waals surface area contributed by atoms with Gasteiger partial charge in [0.05, 0.1) is 11.6 Å². The summed E-state index contributed by atoms with van der Waals surface area (Å²) in [5.74, 6) is -1.39. The van der Waals surface area contributed by atoms with E-state index in [1.807, 2.05) is 0 Å². The summed E-state index contributed by atoms with van der Waals surface area (Å²) in [6.45, 7) is 0.000664. The first-order chi connectivity index (χ1) is 7.04. The molecule has 1 aliphatic heterocycles. The quantitative estimate of drug-likeness (QED) is 0.823. The number of amides is 1. The fourth-order valence-corrected chi connectivity index (χ4v) is 1.24. The average Bonchev–Trinajstić information content (AvgIpc) is 2.20. The molecule has 0 radical (unpaired) electrons. The number of carboxylic acid groups (broad SMARTS) is 1. The van der Waals surface area contributed by atoms with Gasteiger partial charge in [-0.3, -0.25) is 4.79 Å². The molecule has 15 heavy (non-hydrogen) atoms. The maximum absolute atomic E-state index is 11.3. The van der Waals surface area contributed by atoms with Crippen LogP contribution in [-0.2, 0) is 9.59 Å². The van der Waals surface area contributed by atoms with Crippen molar-refractivity contribution in [1.82, 2.24) is 5.01 Å². The predicted octanol–water partition coefficient (Wildman–Crippen LogP) is 1.37. The van der Waals surface area contributed by atoms with E-state index in [9.17, 15) is 9.59 Å². The van der Waals surface area contributed by atoms with Crippen LogP contribution in [0.25, 0.3) is 0 Å². The van der Waals surface area contributed by atoms with E-state index in [2.05, 4.69) is 5.10 Å². The molecule has 1 aliphatic rings. The molecular formula is C8H8Cl2N2O3. The van der Waals surface area contributed by atoms with Gasteiger partial charge in [0.1, 0.15) is 5.71 Å².